The summed E-state index contributed by atoms with van der Waals surface area (Å²) in [6, 6.07) is 0. The molecule has 74 valence electrons. The zero-order valence-electron chi connectivity index (χ0n) is 9.10. The number of hydrogen-bond acceptors (Lipinski definition) is 1. The molecular formula is C10H24NO+. The molecule has 0 aromatic heterocycles. The molecule has 0 atom stereocenters. The third-order valence-electron chi connectivity index (χ3n) is 1.93. The number of hydrogen-bond donors (Lipinski definition) is 0. The van der Waals surface area contributed by atoms with Gasteiger partial charge in [0.05, 0.1) is 27.7 Å². The van der Waals surface area contributed by atoms with E-state index in [1.165, 1.54) is 32.2 Å². The van der Waals surface area contributed by atoms with Gasteiger partial charge in [0.1, 0.15) is 0 Å². The van der Waals surface area contributed by atoms with Gasteiger partial charge in [-0.15, -0.1) is 0 Å². The van der Waals surface area contributed by atoms with Crippen molar-refractivity contribution in [2.45, 2.75) is 25.7 Å². The van der Waals surface area contributed by atoms with Crippen molar-refractivity contribution >= 4 is 0 Å². The van der Waals surface area contributed by atoms with Crippen LogP contribution in [0.5, 0.6) is 0 Å². The quantitative estimate of drug-likeness (QED) is 0.423. The molecule has 0 radical (unpaired) electrons. The van der Waals surface area contributed by atoms with E-state index in [9.17, 15) is 0 Å². The lowest BCUT2D eigenvalue weighted by Crippen LogP contribution is -2.35. The second-order valence-corrected chi connectivity index (χ2v) is 4.42. The molecule has 0 aromatic carbocycles. The maximum absolute atomic E-state index is 4.99. The van der Waals surface area contributed by atoms with Gasteiger partial charge in [-0.3, -0.25) is 0 Å². The molecule has 0 saturated heterocycles. The smallest absolute Gasteiger partial charge is 0.0780 e. The minimum absolute atomic E-state index is 0.921. The van der Waals surface area contributed by atoms with E-state index in [-0.39, 0.29) is 0 Å². The maximum Gasteiger partial charge on any atom is 0.0780 e. The summed E-state index contributed by atoms with van der Waals surface area (Å²) in [5.41, 5.74) is 0. The third-order valence-corrected chi connectivity index (χ3v) is 1.93. The molecule has 0 heterocycles. The van der Waals surface area contributed by atoms with Gasteiger partial charge in [0.15, 0.2) is 0 Å². The third kappa shape index (κ3) is 9.92. The molecule has 0 bridgehead atoms. The summed E-state index contributed by atoms with van der Waals surface area (Å²) < 4.78 is 6.07. The fourth-order valence-corrected chi connectivity index (χ4v) is 1.19. The van der Waals surface area contributed by atoms with E-state index in [0.717, 1.165) is 11.1 Å². The summed E-state index contributed by atoms with van der Waals surface area (Å²) in [7, 11) is 8.51. The maximum atomic E-state index is 4.99. The predicted molar refractivity (Wildman–Crippen MR) is 53.2 cm³/mol. The molecule has 2 heteroatoms. The van der Waals surface area contributed by atoms with Crippen LogP contribution in [-0.2, 0) is 4.74 Å². The van der Waals surface area contributed by atoms with Crippen LogP contribution in [0, 0.1) is 0 Å². The zero-order valence-corrected chi connectivity index (χ0v) is 9.10. The van der Waals surface area contributed by atoms with Crippen molar-refractivity contribution in [3.05, 3.63) is 0 Å². The molecule has 0 amide bonds. The Kier molecular flexibility index (Phi) is 6.39. The van der Waals surface area contributed by atoms with Crippen molar-refractivity contribution in [2.75, 3.05) is 41.4 Å². The highest BCUT2D eigenvalue weighted by Gasteiger charge is 2.04. The van der Waals surface area contributed by atoms with E-state index < -0.39 is 0 Å². The minimum atomic E-state index is 0.921. The number of quaternary nitrogens is 1. The van der Waals surface area contributed by atoms with Gasteiger partial charge in [0, 0.05) is 13.7 Å². The molecule has 12 heavy (non-hydrogen) atoms. The van der Waals surface area contributed by atoms with Crippen LogP contribution in [0.25, 0.3) is 0 Å². The molecule has 0 aliphatic rings. The molecule has 0 saturated carbocycles. The van der Waals surface area contributed by atoms with Crippen molar-refractivity contribution in [3.8, 4) is 0 Å². The van der Waals surface area contributed by atoms with Crippen molar-refractivity contribution in [1.82, 2.24) is 0 Å². The van der Waals surface area contributed by atoms with Crippen LogP contribution < -0.4 is 0 Å². The van der Waals surface area contributed by atoms with Crippen LogP contribution in [0.1, 0.15) is 25.7 Å². The van der Waals surface area contributed by atoms with Gasteiger partial charge in [-0.05, 0) is 19.3 Å². The van der Waals surface area contributed by atoms with Crippen LogP contribution in [0.3, 0.4) is 0 Å². The second kappa shape index (κ2) is 6.44. The summed E-state index contributed by atoms with van der Waals surface area (Å²) in [6.45, 7) is 2.21. The molecule has 0 N–H and O–H groups in total. The summed E-state index contributed by atoms with van der Waals surface area (Å²) in [6.07, 6.45) is 5.22. The molecule has 0 aliphatic carbocycles. The first-order chi connectivity index (χ1) is 5.56. The average Bonchev–Trinajstić information content (AvgIpc) is 1.94. The normalized spacial score (nSPS) is 12.0. The molecular weight excluding hydrogens is 150 g/mol. The fraction of sp³-hybridized carbons (Fsp3) is 1.00. The summed E-state index contributed by atoms with van der Waals surface area (Å²) in [5.74, 6) is 0. The first-order valence-corrected chi connectivity index (χ1v) is 4.85. The van der Waals surface area contributed by atoms with Crippen molar-refractivity contribution in [2.24, 2.45) is 0 Å². The highest BCUT2D eigenvalue weighted by Crippen LogP contribution is 2.02. The van der Waals surface area contributed by atoms with E-state index in [2.05, 4.69) is 21.1 Å². The first kappa shape index (κ1) is 11.9. The Labute approximate surface area is 77.1 Å². The first-order valence-electron chi connectivity index (χ1n) is 4.85. The zero-order chi connectivity index (χ0) is 9.45. The SMILES string of the molecule is COCCCCCC[N+](C)(C)C. The van der Waals surface area contributed by atoms with Crippen LogP contribution in [0.15, 0.2) is 0 Å². The lowest BCUT2D eigenvalue weighted by Gasteiger charge is -2.23. The standard InChI is InChI=1S/C10H24NO/c1-11(2,3)9-7-5-6-8-10-12-4/h5-10H2,1-4H3/q+1. The Hall–Kier alpha value is -0.0800. The van der Waals surface area contributed by atoms with E-state index in [0.29, 0.717) is 0 Å². The summed E-state index contributed by atoms with van der Waals surface area (Å²) >= 11 is 0. The van der Waals surface area contributed by atoms with Crippen LogP contribution in [-0.4, -0.2) is 45.9 Å². The van der Waals surface area contributed by atoms with Crippen LogP contribution in [0.2, 0.25) is 0 Å². The number of methoxy groups -OCH3 is 1. The van der Waals surface area contributed by atoms with Crippen LogP contribution >= 0.6 is 0 Å². The van der Waals surface area contributed by atoms with Crippen molar-refractivity contribution in [3.63, 3.8) is 0 Å². The Bertz CT molecular complexity index is 96.5. The molecule has 0 unspecified atom stereocenters. The highest BCUT2D eigenvalue weighted by atomic mass is 16.5. The van der Waals surface area contributed by atoms with E-state index >= 15 is 0 Å². The van der Waals surface area contributed by atoms with Crippen molar-refractivity contribution < 1.29 is 9.22 Å². The Morgan fingerprint density at radius 1 is 0.917 bits per heavy atom. The largest absolute Gasteiger partial charge is 0.385 e. The molecule has 0 aliphatic heterocycles. The monoisotopic (exact) mass is 174 g/mol. The number of rotatable bonds is 7. The molecule has 0 fully saturated rings. The van der Waals surface area contributed by atoms with Gasteiger partial charge in [-0.1, -0.05) is 6.42 Å². The Morgan fingerprint density at radius 3 is 2.00 bits per heavy atom. The van der Waals surface area contributed by atoms with E-state index in [4.69, 9.17) is 4.74 Å². The lowest BCUT2D eigenvalue weighted by atomic mass is 10.2. The van der Waals surface area contributed by atoms with Gasteiger partial charge in [-0.25, -0.2) is 0 Å². The fourth-order valence-electron chi connectivity index (χ4n) is 1.19. The highest BCUT2D eigenvalue weighted by molar-refractivity contribution is 4.41. The van der Waals surface area contributed by atoms with Gasteiger partial charge >= 0.3 is 0 Å². The molecule has 0 rings (SSSR count). The summed E-state index contributed by atoms with van der Waals surface area (Å²) in [5, 5.41) is 0. The van der Waals surface area contributed by atoms with Crippen molar-refractivity contribution in [1.29, 1.82) is 0 Å². The number of ether oxygens (including phenoxy) is 1. The number of unbranched alkanes of at least 4 members (excludes halogenated alkanes) is 3. The molecule has 0 spiro atoms. The van der Waals surface area contributed by atoms with Crippen LogP contribution in [0.4, 0.5) is 0 Å². The van der Waals surface area contributed by atoms with E-state index in [1.807, 2.05) is 0 Å². The second-order valence-electron chi connectivity index (χ2n) is 4.42. The van der Waals surface area contributed by atoms with Gasteiger partial charge in [-0.2, -0.15) is 0 Å². The molecule has 0 aromatic rings. The van der Waals surface area contributed by atoms with Gasteiger partial charge in [0.2, 0.25) is 0 Å². The topological polar surface area (TPSA) is 9.23 Å². The average molecular weight is 174 g/mol. The van der Waals surface area contributed by atoms with Gasteiger partial charge < -0.3 is 9.22 Å². The Balaban J connectivity index is 3.01. The Morgan fingerprint density at radius 2 is 1.50 bits per heavy atom. The van der Waals surface area contributed by atoms with E-state index in [1.54, 1.807) is 7.11 Å². The predicted octanol–water partition coefficient (Wildman–Crippen LogP) is 1.90. The van der Waals surface area contributed by atoms with Gasteiger partial charge in [0.25, 0.3) is 0 Å². The minimum Gasteiger partial charge on any atom is -0.385 e. The number of nitrogens with zero attached hydrogens (tertiary/aromatic N) is 1. The lowest BCUT2D eigenvalue weighted by molar-refractivity contribution is -0.870. The summed E-state index contributed by atoms with van der Waals surface area (Å²) in [4.78, 5) is 0. The molecule has 2 nitrogen and oxygen atoms in total.